The van der Waals surface area contributed by atoms with Gasteiger partial charge < -0.3 is 0 Å². The van der Waals surface area contributed by atoms with Crippen molar-refractivity contribution >= 4 is 26.7 Å². The molecule has 0 unspecified atom stereocenters. The molecule has 25 heavy (non-hydrogen) atoms. The fourth-order valence-electron chi connectivity index (χ4n) is 4.88. The van der Waals surface area contributed by atoms with Gasteiger partial charge in [-0.25, -0.2) is 0 Å². The largest absolute Gasteiger partial charge is 0.0619 e. The zero-order valence-electron chi connectivity index (χ0n) is 13.5. The minimum absolute atomic E-state index is 0.357. The number of hydrogen-bond donors (Lipinski definition) is 0. The molecule has 0 heterocycles. The molecular weight excluding hydrogens is 368 g/mol. The van der Waals surface area contributed by atoms with Gasteiger partial charge in [-0.2, -0.15) is 0 Å². The Kier molecular flexibility index (Phi) is 2.68. The van der Waals surface area contributed by atoms with E-state index >= 15 is 0 Å². The maximum Gasteiger partial charge on any atom is 0.0349 e. The van der Waals surface area contributed by atoms with Crippen LogP contribution in [0.15, 0.2) is 83.3 Å². The monoisotopic (exact) mass is 382 g/mol. The average molecular weight is 383 g/mol. The number of rotatable bonds is 0. The van der Waals surface area contributed by atoms with Gasteiger partial charge in [-0.1, -0.05) is 70.5 Å². The lowest BCUT2D eigenvalue weighted by Gasteiger charge is -2.42. The third-order valence-electron chi connectivity index (χ3n) is 5.86. The minimum Gasteiger partial charge on any atom is -0.0619 e. The molecule has 4 aromatic carbocycles. The number of hydrogen-bond acceptors (Lipinski definition) is 0. The van der Waals surface area contributed by atoms with Crippen molar-refractivity contribution in [3.63, 3.8) is 0 Å². The summed E-state index contributed by atoms with van der Waals surface area (Å²) >= 11 is 3.62. The van der Waals surface area contributed by atoms with E-state index in [1.54, 1.807) is 0 Å². The molecule has 0 spiro atoms. The number of benzene rings is 4. The summed E-state index contributed by atoms with van der Waals surface area (Å²) in [6.45, 7) is 0. The lowest BCUT2D eigenvalue weighted by molar-refractivity contribution is 0.756. The Morgan fingerprint density at radius 3 is 1.48 bits per heavy atom. The van der Waals surface area contributed by atoms with Crippen LogP contribution in [0.5, 0.6) is 0 Å². The van der Waals surface area contributed by atoms with Gasteiger partial charge in [0, 0.05) is 16.3 Å². The highest BCUT2D eigenvalue weighted by Crippen LogP contribution is 2.56. The molecule has 0 fully saturated rings. The molecule has 0 N–H and O–H groups in total. The van der Waals surface area contributed by atoms with Gasteiger partial charge in [-0.15, -0.1) is 0 Å². The molecule has 0 aliphatic heterocycles. The quantitative estimate of drug-likeness (QED) is 0.278. The highest BCUT2D eigenvalue weighted by atomic mass is 79.9. The third kappa shape index (κ3) is 1.77. The van der Waals surface area contributed by atoms with Crippen molar-refractivity contribution in [3.8, 4) is 0 Å². The van der Waals surface area contributed by atoms with Crippen LogP contribution in [0.4, 0.5) is 0 Å². The summed E-state index contributed by atoms with van der Waals surface area (Å²) in [6.07, 6.45) is 0. The number of halogens is 1. The highest BCUT2D eigenvalue weighted by Gasteiger charge is 2.40. The maximum atomic E-state index is 3.62. The lowest BCUT2D eigenvalue weighted by atomic mass is 9.61. The summed E-state index contributed by atoms with van der Waals surface area (Å²) in [6, 6.07) is 29.4. The summed E-state index contributed by atoms with van der Waals surface area (Å²) in [4.78, 5) is 0. The van der Waals surface area contributed by atoms with Crippen LogP contribution in [-0.2, 0) is 0 Å². The molecule has 3 aliphatic rings. The molecule has 0 aromatic heterocycles. The fourth-order valence-corrected chi connectivity index (χ4v) is 5.26. The zero-order chi connectivity index (χ0) is 16.5. The summed E-state index contributed by atoms with van der Waals surface area (Å²) in [5, 5.41) is 2.64. The first-order valence-electron chi connectivity index (χ1n) is 8.72. The zero-order valence-corrected chi connectivity index (χ0v) is 15.1. The van der Waals surface area contributed by atoms with Crippen molar-refractivity contribution in [2.45, 2.75) is 11.8 Å². The maximum absolute atomic E-state index is 3.62. The summed E-state index contributed by atoms with van der Waals surface area (Å²) in [7, 11) is 0. The molecule has 1 heteroatoms. The van der Waals surface area contributed by atoms with Gasteiger partial charge >= 0.3 is 0 Å². The molecule has 7 rings (SSSR count). The molecule has 2 bridgehead atoms. The van der Waals surface area contributed by atoms with Crippen LogP contribution in [0, 0.1) is 0 Å². The van der Waals surface area contributed by atoms with Gasteiger partial charge in [0.15, 0.2) is 0 Å². The Hall–Kier alpha value is -2.38. The molecular formula is C24H15Br. The van der Waals surface area contributed by atoms with E-state index in [1.807, 2.05) is 0 Å². The molecule has 0 radical (unpaired) electrons. The van der Waals surface area contributed by atoms with Crippen LogP contribution >= 0.6 is 15.9 Å². The van der Waals surface area contributed by atoms with Crippen LogP contribution in [0.3, 0.4) is 0 Å². The SMILES string of the molecule is Brc1ccc2cc3c(cc2c1)C1c2ccccc2C3c2ccccc21. The van der Waals surface area contributed by atoms with E-state index in [0.29, 0.717) is 11.8 Å². The molecule has 0 saturated carbocycles. The van der Waals surface area contributed by atoms with Crippen molar-refractivity contribution in [2.24, 2.45) is 0 Å². The van der Waals surface area contributed by atoms with Crippen molar-refractivity contribution < 1.29 is 0 Å². The van der Waals surface area contributed by atoms with Crippen molar-refractivity contribution in [3.05, 3.63) is 117 Å². The fraction of sp³-hybridized carbons (Fsp3) is 0.0833. The van der Waals surface area contributed by atoms with Gasteiger partial charge in [0.1, 0.15) is 0 Å². The molecule has 0 saturated heterocycles. The molecule has 0 amide bonds. The van der Waals surface area contributed by atoms with E-state index in [0.717, 1.165) is 4.47 Å². The van der Waals surface area contributed by atoms with Crippen LogP contribution in [0.2, 0.25) is 0 Å². The first kappa shape index (κ1) is 13.9. The van der Waals surface area contributed by atoms with E-state index in [2.05, 4.69) is 94.8 Å². The Morgan fingerprint density at radius 2 is 0.960 bits per heavy atom. The van der Waals surface area contributed by atoms with E-state index in [9.17, 15) is 0 Å². The predicted molar refractivity (Wildman–Crippen MR) is 106 cm³/mol. The second-order valence-corrected chi connectivity index (χ2v) is 8.01. The van der Waals surface area contributed by atoms with Crippen molar-refractivity contribution in [1.82, 2.24) is 0 Å². The minimum atomic E-state index is 0.357. The van der Waals surface area contributed by atoms with Gasteiger partial charge in [0.05, 0.1) is 0 Å². The van der Waals surface area contributed by atoms with Crippen LogP contribution < -0.4 is 0 Å². The summed E-state index contributed by atoms with van der Waals surface area (Å²) in [5.41, 5.74) is 8.89. The molecule has 4 aromatic rings. The van der Waals surface area contributed by atoms with Gasteiger partial charge in [0.25, 0.3) is 0 Å². The van der Waals surface area contributed by atoms with Crippen molar-refractivity contribution in [1.29, 1.82) is 0 Å². The van der Waals surface area contributed by atoms with E-state index in [1.165, 1.54) is 44.2 Å². The number of fused-ring (bicyclic) bond motifs is 1. The molecule has 118 valence electrons. The average Bonchev–Trinajstić information content (AvgIpc) is 2.66. The van der Waals surface area contributed by atoms with Gasteiger partial charge in [0.2, 0.25) is 0 Å². The van der Waals surface area contributed by atoms with Gasteiger partial charge in [-0.3, -0.25) is 0 Å². The topological polar surface area (TPSA) is 0 Å². The predicted octanol–water partition coefficient (Wildman–Crippen LogP) is 6.59. The Labute approximate surface area is 155 Å². The van der Waals surface area contributed by atoms with Crippen LogP contribution in [-0.4, -0.2) is 0 Å². The standard InChI is InChI=1S/C24H15Br/c25-16-10-9-14-12-21-22(13-15(14)11-16)24-19-7-3-1-5-17(19)23(21)18-6-2-4-8-20(18)24/h1-13,23-24H. The summed E-state index contributed by atoms with van der Waals surface area (Å²) < 4.78 is 1.14. The Balaban J connectivity index is 1.74. The second-order valence-electron chi connectivity index (χ2n) is 7.10. The lowest BCUT2D eigenvalue weighted by Crippen LogP contribution is -2.27. The molecule has 3 aliphatic carbocycles. The highest BCUT2D eigenvalue weighted by molar-refractivity contribution is 9.10. The smallest absolute Gasteiger partial charge is 0.0349 e. The Bertz CT molecular complexity index is 1120. The second kappa shape index (κ2) is 4.83. The van der Waals surface area contributed by atoms with E-state index in [4.69, 9.17) is 0 Å². The molecule has 0 nitrogen and oxygen atoms in total. The van der Waals surface area contributed by atoms with Gasteiger partial charge in [-0.05, 0) is 68.4 Å². The summed E-state index contributed by atoms with van der Waals surface area (Å²) in [5.74, 6) is 0.719. The first-order valence-corrected chi connectivity index (χ1v) is 9.51. The van der Waals surface area contributed by atoms with Crippen molar-refractivity contribution in [2.75, 3.05) is 0 Å². The Morgan fingerprint density at radius 1 is 0.480 bits per heavy atom. The molecule has 0 atom stereocenters. The third-order valence-corrected chi connectivity index (χ3v) is 6.36. The normalized spacial score (nSPS) is 19.4. The first-order chi connectivity index (χ1) is 12.3. The van der Waals surface area contributed by atoms with Crippen LogP contribution in [0.1, 0.15) is 45.2 Å². The van der Waals surface area contributed by atoms with Crippen LogP contribution in [0.25, 0.3) is 10.8 Å². The van der Waals surface area contributed by atoms with E-state index < -0.39 is 0 Å². The van der Waals surface area contributed by atoms with E-state index in [-0.39, 0.29) is 0 Å².